The molecule has 0 saturated heterocycles. The maximum Gasteiger partial charge on any atom is 0.358 e. The Labute approximate surface area is 101 Å². The first-order chi connectivity index (χ1) is 8.11. The van der Waals surface area contributed by atoms with Gasteiger partial charge in [0.15, 0.2) is 5.69 Å². The number of nitrogens with zero attached hydrogens (tertiary/aromatic N) is 2. The van der Waals surface area contributed by atoms with Crippen LogP contribution in [0.5, 0.6) is 0 Å². The van der Waals surface area contributed by atoms with Gasteiger partial charge < -0.3 is 10.8 Å². The van der Waals surface area contributed by atoms with Crippen LogP contribution in [0.2, 0.25) is 0 Å². The molecule has 5 heteroatoms. The van der Waals surface area contributed by atoms with Crippen LogP contribution < -0.4 is 5.73 Å². The number of carboxylic acids is 1. The smallest absolute Gasteiger partial charge is 0.358 e. The lowest BCUT2D eigenvalue weighted by atomic mass is 9.84. The minimum Gasteiger partial charge on any atom is -0.476 e. The molecule has 0 spiro atoms. The third kappa shape index (κ3) is 2.43. The molecule has 1 aromatic rings. The number of nitrogens with two attached hydrogens (primary N) is 1. The Kier molecular flexibility index (Phi) is 3.36. The molecule has 0 bridgehead atoms. The minimum absolute atomic E-state index is 0.0244. The number of nitrogen functional groups attached to an aromatic ring is 1. The van der Waals surface area contributed by atoms with Gasteiger partial charge in [-0.25, -0.2) is 4.79 Å². The van der Waals surface area contributed by atoms with E-state index in [1.165, 1.54) is 19.3 Å². The number of hydrogen-bond acceptors (Lipinski definition) is 3. The van der Waals surface area contributed by atoms with Crippen molar-refractivity contribution in [3.8, 4) is 0 Å². The highest BCUT2D eigenvalue weighted by molar-refractivity contribution is 5.91. The summed E-state index contributed by atoms with van der Waals surface area (Å²) in [5.74, 6) is -0.323. The van der Waals surface area contributed by atoms with Gasteiger partial charge in [-0.05, 0) is 18.8 Å². The highest BCUT2D eigenvalue weighted by Crippen LogP contribution is 2.34. The number of aromatic nitrogens is 2. The average molecular weight is 237 g/mol. The van der Waals surface area contributed by atoms with E-state index >= 15 is 0 Å². The van der Waals surface area contributed by atoms with Gasteiger partial charge in [-0.15, -0.1) is 0 Å². The van der Waals surface area contributed by atoms with Crippen molar-refractivity contribution in [1.82, 2.24) is 9.78 Å². The van der Waals surface area contributed by atoms with Gasteiger partial charge in [0.1, 0.15) is 0 Å². The van der Waals surface area contributed by atoms with Crippen LogP contribution in [0.1, 0.15) is 55.6 Å². The molecule has 2 unspecified atom stereocenters. The van der Waals surface area contributed by atoms with Gasteiger partial charge in [0.05, 0.1) is 11.7 Å². The number of rotatable bonds is 3. The van der Waals surface area contributed by atoms with E-state index in [1.54, 1.807) is 10.9 Å². The van der Waals surface area contributed by atoms with E-state index in [0.29, 0.717) is 6.04 Å². The fourth-order valence-electron chi connectivity index (χ4n) is 2.63. The first kappa shape index (κ1) is 12.0. The summed E-state index contributed by atoms with van der Waals surface area (Å²) in [7, 11) is 0. The van der Waals surface area contributed by atoms with Gasteiger partial charge in [-0.1, -0.05) is 26.2 Å². The quantitative estimate of drug-likeness (QED) is 0.845. The summed E-state index contributed by atoms with van der Waals surface area (Å²) >= 11 is 0. The fourth-order valence-corrected chi connectivity index (χ4v) is 2.63. The van der Waals surface area contributed by atoms with Crippen LogP contribution in [0.4, 0.5) is 5.69 Å². The standard InChI is InChI=1S/C12H19N3O2/c1-2-8-4-3-5-9(6-8)15-7-10(13)11(14-15)12(16)17/h7-9H,2-6,13H2,1H3,(H,16,17). The minimum atomic E-state index is -1.05. The van der Waals surface area contributed by atoms with Gasteiger partial charge in [-0.3, -0.25) is 4.68 Å². The second-order valence-electron chi connectivity index (χ2n) is 4.81. The monoisotopic (exact) mass is 237 g/mol. The van der Waals surface area contributed by atoms with Crippen molar-refractivity contribution in [2.45, 2.75) is 45.1 Å². The van der Waals surface area contributed by atoms with Crippen molar-refractivity contribution < 1.29 is 9.90 Å². The lowest BCUT2D eigenvalue weighted by Gasteiger charge is -2.28. The lowest BCUT2D eigenvalue weighted by molar-refractivity contribution is 0.0689. The van der Waals surface area contributed by atoms with Crippen molar-refractivity contribution in [1.29, 1.82) is 0 Å². The summed E-state index contributed by atoms with van der Waals surface area (Å²) in [4.78, 5) is 10.9. The van der Waals surface area contributed by atoms with E-state index in [4.69, 9.17) is 10.8 Å². The van der Waals surface area contributed by atoms with Crippen molar-refractivity contribution in [2.75, 3.05) is 5.73 Å². The summed E-state index contributed by atoms with van der Waals surface area (Å²) in [6, 6.07) is 0.309. The third-order valence-electron chi connectivity index (χ3n) is 3.67. The molecule has 3 N–H and O–H groups in total. The fraction of sp³-hybridized carbons (Fsp3) is 0.667. The zero-order chi connectivity index (χ0) is 12.4. The number of carboxylic acid groups (broad SMARTS) is 1. The number of carbonyl (C=O) groups is 1. The largest absolute Gasteiger partial charge is 0.476 e. The van der Waals surface area contributed by atoms with Crippen molar-refractivity contribution in [3.05, 3.63) is 11.9 Å². The Balaban J connectivity index is 2.16. The molecule has 5 nitrogen and oxygen atoms in total. The van der Waals surface area contributed by atoms with E-state index in [2.05, 4.69) is 12.0 Å². The molecule has 2 atom stereocenters. The van der Waals surface area contributed by atoms with Crippen molar-refractivity contribution in [3.63, 3.8) is 0 Å². The highest BCUT2D eigenvalue weighted by atomic mass is 16.4. The predicted octanol–water partition coefficient (Wildman–Crippen LogP) is 2.30. The molecule has 0 aromatic carbocycles. The van der Waals surface area contributed by atoms with Crippen molar-refractivity contribution >= 4 is 11.7 Å². The molecule has 2 rings (SSSR count). The molecule has 0 amide bonds. The van der Waals surface area contributed by atoms with Gasteiger partial charge in [-0.2, -0.15) is 5.10 Å². The molecule has 1 aliphatic rings. The Morgan fingerprint density at radius 1 is 1.65 bits per heavy atom. The molecule has 1 heterocycles. The zero-order valence-electron chi connectivity index (χ0n) is 10.1. The number of aromatic carboxylic acids is 1. The van der Waals surface area contributed by atoms with Crippen LogP contribution in [-0.2, 0) is 0 Å². The Morgan fingerprint density at radius 3 is 3.00 bits per heavy atom. The van der Waals surface area contributed by atoms with Gasteiger partial charge in [0, 0.05) is 6.20 Å². The van der Waals surface area contributed by atoms with E-state index in [-0.39, 0.29) is 11.4 Å². The molecule has 1 aromatic heterocycles. The molecule has 1 aliphatic carbocycles. The maximum absolute atomic E-state index is 10.9. The first-order valence-electron chi connectivity index (χ1n) is 6.19. The molecule has 17 heavy (non-hydrogen) atoms. The summed E-state index contributed by atoms with van der Waals surface area (Å²) in [5.41, 5.74) is 5.89. The second kappa shape index (κ2) is 4.77. The van der Waals surface area contributed by atoms with E-state index in [1.807, 2.05) is 0 Å². The lowest BCUT2D eigenvalue weighted by Crippen LogP contribution is -2.19. The summed E-state index contributed by atoms with van der Waals surface area (Å²) in [6.45, 7) is 2.20. The molecular weight excluding hydrogens is 218 g/mol. The Morgan fingerprint density at radius 2 is 2.41 bits per heavy atom. The predicted molar refractivity (Wildman–Crippen MR) is 64.9 cm³/mol. The van der Waals surface area contributed by atoms with Crippen LogP contribution in [0.25, 0.3) is 0 Å². The molecule has 1 fully saturated rings. The highest BCUT2D eigenvalue weighted by Gasteiger charge is 2.24. The van der Waals surface area contributed by atoms with Crippen LogP contribution >= 0.6 is 0 Å². The first-order valence-corrected chi connectivity index (χ1v) is 6.19. The number of anilines is 1. The molecule has 1 saturated carbocycles. The van der Waals surface area contributed by atoms with Crippen LogP contribution in [0.15, 0.2) is 6.20 Å². The van der Waals surface area contributed by atoms with Gasteiger partial charge in [0.2, 0.25) is 0 Å². The van der Waals surface area contributed by atoms with Crippen LogP contribution in [0, 0.1) is 5.92 Å². The Bertz CT molecular complexity index is 414. The normalized spacial score (nSPS) is 24.8. The topological polar surface area (TPSA) is 81.1 Å². The molecule has 0 radical (unpaired) electrons. The van der Waals surface area contributed by atoms with Crippen molar-refractivity contribution in [2.24, 2.45) is 5.92 Å². The SMILES string of the molecule is CCC1CCCC(n2cc(N)c(C(=O)O)n2)C1. The molecule has 94 valence electrons. The number of hydrogen-bond donors (Lipinski definition) is 2. The van der Waals surface area contributed by atoms with Crippen LogP contribution in [-0.4, -0.2) is 20.9 Å². The van der Waals surface area contributed by atoms with E-state index < -0.39 is 5.97 Å². The zero-order valence-corrected chi connectivity index (χ0v) is 10.1. The maximum atomic E-state index is 10.9. The second-order valence-corrected chi connectivity index (χ2v) is 4.81. The third-order valence-corrected chi connectivity index (χ3v) is 3.67. The van der Waals surface area contributed by atoms with Gasteiger partial charge >= 0.3 is 5.97 Å². The Hall–Kier alpha value is -1.52. The van der Waals surface area contributed by atoms with E-state index in [9.17, 15) is 4.79 Å². The summed E-state index contributed by atoms with van der Waals surface area (Å²) < 4.78 is 1.75. The molecule has 0 aliphatic heterocycles. The van der Waals surface area contributed by atoms with Crippen LogP contribution in [0.3, 0.4) is 0 Å². The van der Waals surface area contributed by atoms with Gasteiger partial charge in [0.25, 0.3) is 0 Å². The van der Waals surface area contributed by atoms with E-state index in [0.717, 1.165) is 18.8 Å². The summed E-state index contributed by atoms with van der Waals surface area (Å²) in [6.07, 6.45) is 7.44. The molecular formula is C12H19N3O2. The average Bonchev–Trinajstić information content (AvgIpc) is 2.71. The summed E-state index contributed by atoms with van der Waals surface area (Å²) in [5, 5.41) is 13.0.